The van der Waals surface area contributed by atoms with Gasteiger partial charge in [0, 0.05) is 29.3 Å². The number of hydrogen-bond donors (Lipinski definition) is 2. The number of nitrogens with one attached hydrogen (secondary N) is 2. The minimum atomic E-state index is 0.859. The van der Waals surface area contributed by atoms with Gasteiger partial charge < -0.3 is 9.72 Å². The molecule has 0 atom stereocenters. The second-order valence-electron chi connectivity index (χ2n) is 6.39. The molecule has 4 aromatic rings. The molecule has 4 rings (SSSR count). The first-order chi connectivity index (χ1) is 12.7. The molecule has 0 unspecified atom stereocenters. The van der Waals surface area contributed by atoms with E-state index >= 15 is 0 Å². The van der Waals surface area contributed by atoms with Crippen molar-refractivity contribution in [3.05, 3.63) is 42.1 Å². The normalized spacial score (nSPS) is 11.7. The van der Waals surface area contributed by atoms with E-state index in [-0.39, 0.29) is 0 Å². The van der Waals surface area contributed by atoms with E-state index in [1.165, 1.54) is 5.56 Å². The number of methoxy groups -OCH3 is 1. The van der Waals surface area contributed by atoms with E-state index in [2.05, 4.69) is 46.1 Å². The van der Waals surface area contributed by atoms with Gasteiger partial charge in [-0.25, -0.2) is 4.98 Å². The summed E-state index contributed by atoms with van der Waals surface area (Å²) < 4.78 is 5.56. The fourth-order valence-corrected chi connectivity index (χ4v) is 3.32. The molecule has 0 fully saturated rings. The molecule has 6 heteroatoms. The Labute approximate surface area is 152 Å². The van der Waals surface area contributed by atoms with E-state index in [1.54, 1.807) is 7.11 Å². The summed E-state index contributed by atoms with van der Waals surface area (Å²) in [6.07, 6.45) is 1.89. The number of H-pyrrole nitrogens is 2. The zero-order valence-corrected chi connectivity index (χ0v) is 15.3. The molecule has 2 aromatic heterocycles. The van der Waals surface area contributed by atoms with Crippen LogP contribution in [-0.4, -0.2) is 45.3 Å². The van der Waals surface area contributed by atoms with Gasteiger partial charge in [-0.05, 0) is 43.4 Å². The van der Waals surface area contributed by atoms with Gasteiger partial charge in [-0.15, -0.1) is 0 Å². The highest BCUT2D eigenvalue weighted by atomic mass is 16.5. The molecule has 134 valence electrons. The molecule has 0 aliphatic heterocycles. The van der Waals surface area contributed by atoms with Gasteiger partial charge in [0.15, 0.2) is 0 Å². The average Bonchev–Trinajstić information content (AvgIpc) is 3.29. The molecule has 0 aliphatic carbocycles. The maximum atomic E-state index is 5.56. The Morgan fingerprint density at radius 2 is 1.92 bits per heavy atom. The van der Waals surface area contributed by atoms with E-state index in [9.17, 15) is 0 Å². The lowest BCUT2D eigenvalue weighted by molar-refractivity contribution is 0.289. The second-order valence-corrected chi connectivity index (χ2v) is 6.39. The smallest absolute Gasteiger partial charge is 0.138 e. The number of fused-ring (bicyclic) bond motifs is 2. The van der Waals surface area contributed by atoms with E-state index in [0.29, 0.717) is 0 Å². The summed E-state index contributed by atoms with van der Waals surface area (Å²) in [5, 5.41) is 8.19. The molecule has 6 nitrogen and oxygen atoms in total. The maximum absolute atomic E-state index is 5.56. The van der Waals surface area contributed by atoms with Crippen LogP contribution in [0, 0.1) is 0 Å². The standard InChI is InChI=1S/C20H23N5O/c1-4-25(5-2)12-15-8-13(6-7-19(15)26-3)20-22-17-9-14-11-21-24-16(14)10-18(17)23-20/h6-11H,4-5,12H2,1-3H3,(H,21,24)(H,22,23). The minimum Gasteiger partial charge on any atom is -0.496 e. The molecule has 0 radical (unpaired) electrons. The topological polar surface area (TPSA) is 69.8 Å². The molecule has 0 saturated heterocycles. The summed E-state index contributed by atoms with van der Waals surface area (Å²) in [6, 6.07) is 10.3. The highest BCUT2D eigenvalue weighted by Crippen LogP contribution is 2.28. The van der Waals surface area contributed by atoms with Crippen molar-refractivity contribution in [3.8, 4) is 17.1 Å². The summed E-state index contributed by atoms with van der Waals surface area (Å²) in [5.41, 5.74) is 5.09. The lowest BCUT2D eigenvalue weighted by atomic mass is 10.1. The number of rotatable bonds is 6. The molecule has 2 N–H and O–H groups in total. The molecule has 0 saturated carbocycles. The molecule has 2 heterocycles. The molecular weight excluding hydrogens is 326 g/mol. The number of nitrogens with zero attached hydrogens (tertiary/aromatic N) is 3. The van der Waals surface area contributed by atoms with Gasteiger partial charge in [0.2, 0.25) is 0 Å². The van der Waals surface area contributed by atoms with Crippen molar-refractivity contribution in [2.24, 2.45) is 0 Å². The lowest BCUT2D eigenvalue weighted by Crippen LogP contribution is -2.22. The Bertz CT molecular complexity index is 997. The highest BCUT2D eigenvalue weighted by Gasteiger charge is 2.12. The molecule has 26 heavy (non-hydrogen) atoms. The van der Waals surface area contributed by atoms with Crippen LogP contribution in [0.1, 0.15) is 19.4 Å². The molecule has 0 amide bonds. The first-order valence-electron chi connectivity index (χ1n) is 8.94. The largest absolute Gasteiger partial charge is 0.496 e. The van der Waals surface area contributed by atoms with Crippen molar-refractivity contribution >= 4 is 21.9 Å². The van der Waals surface area contributed by atoms with Crippen molar-refractivity contribution < 1.29 is 4.74 Å². The maximum Gasteiger partial charge on any atom is 0.138 e. The van der Waals surface area contributed by atoms with Gasteiger partial charge in [-0.2, -0.15) is 5.10 Å². The van der Waals surface area contributed by atoms with Gasteiger partial charge in [0.1, 0.15) is 11.6 Å². The molecule has 2 aromatic carbocycles. The Kier molecular flexibility index (Phi) is 4.34. The third-order valence-corrected chi connectivity index (χ3v) is 4.88. The van der Waals surface area contributed by atoms with Crippen LogP contribution in [0.5, 0.6) is 5.75 Å². The summed E-state index contributed by atoms with van der Waals surface area (Å²) in [5.74, 6) is 1.77. The van der Waals surface area contributed by atoms with Crippen LogP contribution in [0.3, 0.4) is 0 Å². The van der Waals surface area contributed by atoms with Crippen LogP contribution in [0.25, 0.3) is 33.3 Å². The predicted octanol–water partition coefficient (Wildman–Crippen LogP) is 3.96. The lowest BCUT2D eigenvalue weighted by Gasteiger charge is -2.20. The number of benzene rings is 2. The van der Waals surface area contributed by atoms with Crippen LogP contribution in [0.2, 0.25) is 0 Å². The third-order valence-electron chi connectivity index (χ3n) is 4.88. The van der Waals surface area contributed by atoms with Crippen molar-refractivity contribution in [2.45, 2.75) is 20.4 Å². The van der Waals surface area contributed by atoms with Crippen LogP contribution in [-0.2, 0) is 6.54 Å². The SMILES string of the molecule is CCN(CC)Cc1cc(-c2nc3cc4c[nH]nc4cc3[nH]2)ccc1OC. The average molecular weight is 349 g/mol. The van der Waals surface area contributed by atoms with E-state index in [0.717, 1.165) is 58.7 Å². The van der Waals surface area contributed by atoms with E-state index < -0.39 is 0 Å². The third kappa shape index (κ3) is 2.93. The molecule has 0 aliphatic rings. The first kappa shape index (κ1) is 16.6. The zero-order valence-electron chi connectivity index (χ0n) is 15.3. The first-order valence-corrected chi connectivity index (χ1v) is 8.94. The van der Waals surface area contributed by atoms with Gasteiger partial charge in [0.05, 0.1) is 23.7 Å². The van der Waals surface area contributed by atoms with Gasteiger partial charge in [0.25, 0.3) is 0 Å². The molecule has 0 bridgehead atoms. The number of ether oxygens (including phenoxy) is 1. The van der Waals surface area contributed by atoms with Crippen molar-refractivity contribution in [2.75, 3.05) is 20.2 Å². The Hall–Kier alpha value is -2.86. The quantitative estimate of drug-likeness (QED) is 0.553. The van der Waals surface area contributed by atoms with Crippen LogP contribution in [0.4, 0.5) is 0 Å². The van der Waals surface area contributed by atoms with Gasteiger partial charge in [-0.3, -0.25) is 10.00 Å². The van der Waals surface area contributed by atoms with Gasteiger partial charge in [-0.1, -0.05) is 13.8 Å². The summed E-state index contributed by atoms with van der Waals surface area (Å²) >= 11 is 0. The predicted molar refractivity (Wildman–Crippen MR) is 104 cm³/mol. The van der Waals surface area contributed by atoms with E-state index in [4.69, 9.17) is 9.72 Å². The highest BCUT2D eigenvalue weighted by molar-refractivity contribution is 5.94. The van der Waals surface area contributed by atoms with Crippen molar-refractivity contribution in [3.63, 3.8) is 0 Å². The van der Waals surface area contributed by atoms with Crippen molar-refractivity contribution in [1.29, 1.82) is 0 Å². The zero-order chi connectivity index (χ0) is 18.1. The summed E-state index contributed by atoms with van der Waals surface area (Å²) in [7, 11) is 1.72. The number of aromatic nitrogens is 4. The van der Waals surface area contributed by atoms with Gasteiger partial charge >= 0.3 is 0 Å². The second kappa shape index (κ2) is 6.80. The van der Waals surface area contributed by atoms with Crippen LogP contribution in [0.15, 0.2) is 36.5 Å². The van der Waals surface area contributed by atoms with Crippen LogP contribution >= 0.6 is 0 Å². The Balaban J connectivity index is 1.75. The summed E-state index contributed by atoms with van der Waals surface area (Å²) in [4.78, 5) is 10.6. The number of imidazole rings is 1. The fraction of sp³-hybridized carbons (Fsp3) is 0.300. The monoisotopic (exact) mass is 349 g/mol. The Morgan fingerprint density at radius 3 is 2.69 bits per heavy atom. The molecular formula is C20H23N5O. The van der Waals surface area contributed by atoms with Crippen molar-refractivity contribution in [1.82, 2.24) is 25.1 Å². The number of hydrogen-bond acceptors (Lipinski definition) is 4. The van der Waals surface area contributed by atoms with Crippen LogP contribution < -0.4 is 4.74 Å². The number of aromatic amines is 2. The van der Waals surface area contributed by atoms with E-state index in [1.807, 2.05) is 24.4 Å². The summed E-state index contributed by atoms with van der Waals surface area (Å²) in [6.45, 7) is 7.23. The Morgan fingerprint density at radius 1 is 1.08 bits per heavy atom. The fourth-order valence-electron chi connectivity index (χ4n) is 3.32. The molecule has 0 spiro atoms. The minimum absolute atomic E-state index is 0.859.